The van der Waals surface area contributed by atoms with E-state index in [4.69, 9.17) is 10.3 Å². The number of nitrogen functional groups attached to an aromatic ring is 1. The first-order valence-electron chi connectivity index (χ1n) is 5.37. The molecule has 2 rings (SSSR count). The van der Waals surface area contributed by atoms with E-state index in [2.05, 4.69) is 20.7 Å². The highest BCUT2D eigenvalue weighted by Gasteiger charge is 2.17. The number of aryl methyl sites for hydroxylation is 1. The molecule has 0 radical (unpaired) electrons. The van der Waals surface area contributed by atoms with Gasteiger partial charge in [-0.25, -0.2) is 10.8 Å². The normalized spacial score (nSPS) is 10.2. The Morgan fingerprint density at radius 1 is 1.53 bits per heavy atom. The van der Waals surface area contributed by atoms with E-state index in [9.17, 15) is 10.1 Å². The third kappa shape index (κ3) is 2.96. The molecule has 9 heteroatoms. The minimum Gasteiger partial charge on any atom is -0.465 e. The van der Waals surface area contributed by atoms with Crippen molar-refractivity contribution in [1.82, 2.24) is 9.97 Å². The summed E-state index contributed by atoms with van der Waals surface area (Å²) >= 11 is 0. The highest BCUT2D eigenvalue weighted by Crippen LogP contribution is 2.22. The number of rotatable bonds is 5. The molecule has 0 aliphatic carbocycles. The van der Waals surface area contributed by atoms with Crippen molar-refractivity contribution in [2.24, 2.45) is 5.84 Å². The summed E-state index contributed by atoms with van der Waals surface area (Å²) in [6, 6.07) is 3.58. The second-order valence-corrected chi connectivity index (χ2v) is 3.69. The van der Waals surface area contributed by atoms with Gasteiger partial charge in [-0.1, -0.05) is 0 Å². The SMILES string of the molecule is Cc1ccc(CNc2nc(NN)ncc2[N+](=O)[O-])o1. The van der Waals surface area contributed by atoms with Gasteiger partial charge in [-0.15, -0.1) is 0 Å². The Kier molecular flexibility index (Phi) is 3.57. The van der Waals surface area contributed by atoms with Crippen molar-refractivity contribution in [2.45, 2.75) is 13.5 Å². The van der Waals surface area contributed by atoms with Gasteiger partial charge in [-0.3, -0.25) is 15.5 Å². The van der Waals surface area contributed by atoms with E-state index < -0.39 is 4.92 Å². The van der Waals surface area contributed by atoms with E-state index in [1.54, 1.807) is 12.1 Å². The molecule has 0 aliphatic heterocycles. The van der Waals surface area contributed by atoms with Gasteiger partial charge in [-0.2, -0.15) is 4.98 Å². The summed E-state index contributed by atoms with van der Waals surface area (Å²) in [6.45, 7) is 2.09. The fourth-order valence-electron chi connectivity index (χ4n) is 1.46. The van der Waals surface area contributed by atoms with Gasteiger partial charge in [-0.05, 0) is 19.1 Å². The lowest BCUT2D eigenvalue weighted by Gasteiger charge is -2.05. The van der Waals surface area contributed by atoms with Crippen LogP contribution in [0.3, 0.4) is 0 Å². The first-order chi connectivity index (χ1) is 9.10. The van der Waals surface area contributed by atoms with E-state index >= 15 is 0 Å². The van der Waals surface area contributed by atoms with E-state index in [0.29, 0.717) is 5.76 Å². The summed E-state index contributed by atoms with van der Waals surface area (Å²) in [5, 5.41) is 13.7. The van der Waals surface area contributed by atoms with Crippen molar-refractivity contribution in [2.75, 3.05) is 10.7 Å². The van der Waals surface area contributed by atoms with Gasteiger partial charge in [0.2, 0.25) is 11.8 Å². The molecule has 2 aromatic rings. The maximum Gasteiger partial charge on any atom is 0.329 e. The quantitative estimate of drug-likeness (QED) is 0.416. The molecule has 0 saturated heterocycles. The molecule has 0 aromatic carbocycles. The molecule has 2 aromatic heterocycles. The molecule has 9 nitrogen and oxygen atoms in total. The number of furan rings is 1. The zero-order chi connectivity index (χ0) is 13.8. The molecule has 0 saturated carbocycles. The van der Waals surface area contributed by atoms with Crippen molar-refractivity contribution in [3.05, 3.63) is 40.0 Å². The molecule has 100 valence electrons. The summed E-state index contributed by atoms with van der Waals surface area (Å²) in [4.78, 5) is 17.9. The van der Waals surface area contributed by atoms with Crippen LogP contribution in [0.4, 0.5) is 17.5 Å². The second-order valence-electron chi connectivity index (χ2n) is 3.69. The molecule has 0 unspecified atom stereocenters. The predicted octanol–water partition coefficient (Wildman–Crippen LogP) is 1.18. The van der Waals surface area contributed by atoms with Gasteiger partial charge in [0.15, 0.2) is 0 Å². The molecule has 0 bridgehead atoms. The van der Waals surface area contributed by atoms with Crippen LogP contribution >= 0.6 is 0 Å². The monoisotopic (exact) mass is 264 g/mol. The van der Waals surface area contributed by atoms with Crippen molar-refractivity contribution < 1.29 is 9.34 Å². The lowest BCUT2D eigenvalue weighted by Crippen LogP contribution is -2.13. The summed E-state index contributed by atoms with van der Waals surface area (Å²) in [5.74, 6) is 6.73. The number of nitro groups is 1. The zero-order valence-corrected chi connectivity index (χ0v) is 10.1. The zero-order valence-electron chi connectivity index (χ0n) is 10.1. The Morgan fingerprint density at radius 2 is 2.32 bits per heavy atom. The smallest absolute Gasteiger partial charge is 0.329 e. The van der Waals surface area contributed by atoms with Crippen LogP contribution in [0.25, 0.3) is 0 Å². The highest BCUT2D eigenvalue weighted by molar-refractivity contribution is 5.56. The van der Waals surface area contributed by atoms with Gasteiger partial charge < -0.3 is 9.73 Å². The Morgan fingerprint density at radius 3 is 2.89 bits per heavy atom. The molecule has 0 atom stereocenters. The average Bonchev–Trinajstić information content (AvgIpc) is 2.81. The predicted molar refractivity (Wildman–Crippen MR) is 67.3 cm³/mol. The largest absolute Gasteiger partial charge is 0.465 e. The maximum absolute atomic E-state index is 10.8. The van der Waals surface area contributed by atoms with Crippen LogP contribution in [0.15, 0.2) is 22.7 Å². The third-order valence-corrected chi connectivity index (χ3v) is 2.32. The Balaban J connectivity index is 2.19. The molecule has 4 N–H and O–H groups in total. The van der Waals surface area contributed by atoms with Crippen molar-refractivity contribution >= 4 is 17.5 Å². The first kappa shape index (κ1) is 12.8. The minimum absolute atomic E-state index is 0.0713. The Bertz CT molecular complexity index is 597. The maximum atomic E-state index is 10.8. The van der Waals surface area contributed by atoms with E-state index in [-0.39, 0.29) is 24.0 Å². The fraction of sp³-hybridized carbons (Fsp3) is 0.200. The number of anilines is 2. The summed E-state index contributed by atoms with van der Waals surface area (Å²) in [7, 11) is 0. The highest BCUT2D eigenvalue weighted by atomic mass is 16.6. The summed E-state index contributed by atoms with van der Waals surface area (Å²) < 4.78 is 5.35. The van der Waals surface area contributed by atoms with E-state index in [0.717, 1.165) is 12.0 Å². The van der Waals surface area contributed by atoms with Crippen LogP contribution in [0.2, 0.25) is 0 Å². The fourth-order valence-corrected chi connectivity index (χ4v) is 1.46. The van der Waals surface area contributed by atoms with Crippen LogP contribution in [-0.4, -0.2) is 14.9 Å². The van der Waals surface area contributed by atoms with Crippen molar-refractivity contribution in [3.8, 4) is 0 Å². The molecular weight excluding hydrogens is 252 g/mol. The first-order valence-corrected chi connectivity index (χ1v) is 5.37. The van der Waals surface area contributed by atoms with Gasteiger partial charge in [0.05, 0.1) is 11.5 Å². The van der Waals surface area contributed by atoms with Crippen molar-refractivity contribution in [3.63, 3.8) is 0 Å². The number of hydrazine groups is 1. The Hall–Kier alpha value is -2.68. The third-order valence-electron chi connectivity index (χ3n) is 2.32. The molecule has 0 fully saturated rings. The molecule has 0 aliphatic rings. The lowest BCUT2D eigenvalue weighted by atomic mass is 10.4. The molecule has 19 heavy (non-hydrogen) atoms. The molecule has 2 heterocycles. The number of aromatic nitrogens is 2. The van der Waals surface area contributed by atoms with Gasteiger partial charge in [0.1, 0.15) is 17.7 Å². The average molecular weight is 264 g/mol. The number of nitrogens with two attached hydrogens (primary N) is 1. The topological polar surface area (TPSA) is 132 Å². The minimum atomic E-state index is -0.573. The summed E-state index contributed by atoms with van der Waals surface area (Å²) in [6.07, 6.45) is 1.08. The van der Waals surface area contributed by atoms with Crippen LogP contribution in [0, 0.1) is 17.0 Å². The van der Waals surface area contributed by atoms with Crippen LogP contribution in [0.5, 0.6) is 0 Å². The van der Waals surface area contributed by atoms with Crippen LogP contribution in [0.1, 0.15) is 11.5 Å². The number of nitrogens with zero attached hydrogens (tertiary/aromatic N) is 3. The van der Waals surface area contributed by atoms with Gasteiger partial charge >= 0.3 is 5.69 Å². The van der Waals surface area contributed by atoms with Crippen LogP contribution < -0.4 is 16.6 Å². The van der Waals surface area contributed by atoms with E-state index in [1.165, 1.54) is 0 Å². The molecule has 0 spiro atoms. The Labute approximate surface area is 108 Å². The van der Waals surface area contributed by atoms with E-state index in [1.807, 2.05) is 6.92 Å². The number of hydrogen-bond donors (Lipinski definition) is 3. The van der Waals surface area contributed by atoms with Crippen molar-refractivity contribution in [1.29, 1.82) is 0 Å². The lowest BCUT2D eigenvalue weighted by molar-refractivity contribution is -0.384. The number of nitrogens with one attached hydrogen (secondary N) is 2. The van der Waals surface area contributed by atoms with Crippen LogP contribution in [-0.2, 0) is 6.54 Å². The summed E-state index contributed by atoms with van der Waals surface area (Å²) in [5.41, 5.74) is 1.99. The molecular formula is C10H12N6O3. The standard InChI is InChI=1S/C10H12N6O3/c1-6-2-3-7(19-6)4-12-9-8(16(17)18)5-13-10(14-9)15-11/h2-3,5H,4,11H2,1H3,(H2,12,13,14,15). The van der Waals surface area contributed by atoms with Gasteiger partial charge in [0, 0.05) is 0 Å². The second kappa shape index (κ2) is 5.31. The van der Waals surface area contributed by atoms with Gasteiger partial charge in [0.25, 0.3) is 0 Å². The number of hydrogen-bond acceptors (Lipinski definition) is 8. The molecule has 0 amide bonds.